The van der Waals surface area contributed by atoms with E-state index in [1.807, 2.05) is 65.0 Å². The van der Waals surface area contributed by atoms with Crippen molar-refractivity contribution in [3.05, 3.63) is 47.0 Å². The molecule has 1 aromatic heterocycles. The molecule has 1 N–H and O–H groups in total. The first-order valence-electron chi connectivity index (χ1n) is 11.8. The number of rotatable bonds is 4. The van der Waals surface area contributed by atoms with Gasteiger partial charge in [0.05, 0.1) is 22.9 Å². The number of aliphatic hydroxyl groups excluding tert-OH is 1. The number of nitriles is 1. The van der Waals surface area contributed by atoms with Gasteiger partial charge in [-0.05, 0) is 75.8 Å². The quantitative estimate of drug-likeness (QED) is 0.597. The number of aliphatic hydroxyl groups is 1. The zero-order valence-electron chi connectivity index (χ0n) is 20.4. The molecule has 0 spiro atoms. The third-order valence-electron chi connectivity index (χ3n) is 7.44. The van der Waals surface area contributed by atoms with Crippen LogP contribution in [0.4, 0.5) is 0 Å². The van der Waals surface area contributed by atoms with E-state index < -0.39 is 18.3 Å². The molecule has 2 aromatic carbocycles. The summed E-state index contributed by atoms with van der Waals surface area (Å²) in [7, 11) is -0.480. The van der Waals surface area contributed by atoms with Gasteiger partial charge in [0.15, 0.2) is 5.58 Å². The molecule has 3 heterocycles. The van der Waals surface area contributed by atoms with Crippen LogP contribution >= 0.6 is 0 Å². The highest BCUT2D eigenvalue weighted by atomic mass is 16.7. The lowest BCUT2D eigenvalue weighted by Gasteiger charge is -2.32. The van der Waals surface area contributed by atoms with E-state index in [2.05, 4.69) is 11.0 Å². The molecule has 3 aromatic rings. The van der Waals surface area contributed by atoms with Crippen LogP contribution in [0.25, 0.3) is 22.6 Å². The number of aromatic nitrogens is 1. The maximum atomic E-state index is 9.82. The topological polar surface area (TPSA) is 91.8 Å². The summed E-state index contributed by atoms with van der Waals surface area (Å²) < 4.78 is 18.7. The van der Waals surface area contributed by atoms with E-state index >= 15 is 0 Å². The first-order chi connectivity index (χ1) is 16.1. The Morgan fingerprint density at radius 1 is 1.21 bits per heavy atom. The first kappa shape index (κ1) is 23.1. The van der Waals surface area contributed by atoms with Gasteiger partial charge in [0, 0.05) is 25.2 Å². The second-order valence-electron chi connectivity index (χ2n) is 10.4. The third kappa shape index (κ3) is 3.93. The number of fused-ring (bicyclic) bond motifs is 1. The summed E-state index contributed by atoms with van der Waals surface area (Å²) in [6, 6.07) is 12.0. The summed E-state index contributed by atoms with van der Waals surface area (Å²) in [5.74, 6) is 0.469. The molecular formula is C26H30BN3O4. The van der Waals surface area contributed by atoms with Crippen molar-refractivity contribution < 1.29 is 18.8 Å². The molecule has 0 aliphatic carbocycles. The molecule has 0 radical (unpaired) electrons. The Bertz CT molecular complexity index is 1280. The number of nitrogens with zero attached hydrogens (tertiary/aromatic N) is 3. The minimum atomic E-state index is -0.480. The smallest absolute Gasteiger partial charge is 0.435 e. The fourth-order valence-corrected chi connectivity index (χ4v) is 4.71. The molecule has 2 saturated heterocycles. The number of likely N-dealkylation sites (tertiary alicyclic amines) is 1. The molecule has 0 saturated carbocycles. The second-order valence-corrected chi connectivity index (χ2v) is 10.4. The highest BCUT2D eigenvalue weighted by Gasteiger charge is 2.52. The maximum Gasteiger partial charge on any atom is 0.495 e. The lowest BCUT2D eigenvalue weighted by atomic mass is 9.75. The van der Waals surface area contributed by atoms with E-state index in [0.29, 0.717) is 35.6 Å². The van der Waals surface area contributed by atoms with Gasteiger partial charge < -0.3 is 18.8 Å². The van der Waals surface area contributed by atoms with Crippen LogP contribution in [0.1, 0.15) is 50.8 Å². The number of β-amino-alcohol motifs (C(OH)–C–C–N with tert-alkyl or cyclic N) is 1. The Balaban J connectivity index is 1.50. The normalized spacial score (nSPS) is 21.9. The van der Waals surface area contributed by atoms with Gasteiger partial charge in [0.1, 0.15) is 11.6 Å². The van der Waals surface area contributed by atoms with Gasteiger partial charge in [0.2, 0.25) is 5.89 Å². The number of benzene rings is 2. The van der Waals surface area contributed by atoms with Gasteiger partial charge in [-0.3, -0.25) is 4.90 Å². The molecule has 5 rings (SSSR count). The van der Waals surface area contributed by atoms with E-state index in [4.69, 9.17) is 18.7 Å². The Hall–Kier alpha value is -2.70. The van der Waals surface area contributed by atoms with Crippen molar-refractivity contribution in [3.8, 4) is 17.5 Å². The summed E-state index contributed by atoms with van der Waals surface area (Å²) in [6.07, 6.45) is 0.497. The SMILES string of the molecule is Cc1c(B2OC(C)(C)C(C)(C)O2)cccc1-c1nc2cc(CN3CCC(O)C3)cc(C#N)c2o1. The highest BCUT2D eigenvalue weighted by molar-refractivity contribution is 6.62. The summed E-state index contributed by atoms with van der Waals surface area (Å²) in [5.41, 5.74) is 4.49. The van der Waals surface area contributed by atoms with Crippen LogP contribution in [-0.4, -0.2) is 52.5 Å². The molecule has 1 unspecified atom stereocenters. The van der Waals surface area contributed by atoms with E-state index in [1.165, 1.54) is 0 Å². The van der Waals surface area contributed by atoms with Gasteiger partial charge in [-0.15, -0.1) is 0 Å². The number of hydrogen-bond acceptors (Lipinski definition) is 7. The van der Waals surface area contributed by atoms with Crippen LogP contribution in [0, 0.1) is 18.3 Å². The van der Waals surface area contributed by atoms with Gasteiger partial charge >= 0.3 is 7.12 Å². The minimum absolute atomic E-state index is 0.281. The summed E-state index contributed by atoms with van der Waals surface area (Å²) in [5, 5.41) is 19.6. The van der Waals surface area contributed by atoms with E-state index in [-0.39, 0.29) is 6.10 Å². The highest BCUT2D eigenvalue weighted by Crippen LogP contribution is 2.37. The van der Waals surface area contributed by atoms with E-state index in [9.17, 15) is 10.4 Å². The van der Waals surface area contributed by atoms with Crippen molar-refractivity contribution in [2.24, 2.45) is 0 Å². The molecule has 1 atom stereocenters. The molecule has 0 bridgehead atoms. The largest absolute Gasteiger partial charge is 0.495 e. The predicted octanol–water partition coefficient (Wildman–Crippen LogP) is 3.54. The van der Waals surface area contributed by atoms with Crippen molar-refractivity contribution in [1.29, 1.82) is 5.26 Å². The molecule has 7 nitrogen and oxygen atoms in total. The lowest BCUT2D eigenvalue weighted by molar-refractivity contribution is 0.00578. The standard InChI is InChI=1S/C26H30BN3O4/c1-16-20(7-6-8-21(16)27-33-25(2,3)26(4,5)34-27)24-29-22-12-17(11-18(13-28)23(22)32-24)14-30-10-9-19(31)15-30/h6-8,11-12,19,31H,9-10,14-15H2,1-5H3. The van der Waals surface area contributed by atoms with Gasteiger partial charge in [0.25, 0.3) is 0 Å². The molecule has 176 valence electrons. The molecule has 2 aliphatic rings. The Morgan fingerprint density at radius 3 is 2.59 bits per heavy atom. The van der Waals surface area contributed by atoms with Crippen LogP contribution < -0.4 is 5.46 Å². The maximum absolute atomic E-state index is 9.82. The van der Waals surface area contributed by atoms with Crippen molar-refractivity contribution in [2.75, 3.05) is 13.1 Å². The van der Waals surface area contributed by atoms with Crippen LogP contribution in [0.15, 0.2) is 34.7 Å². The predicted molar refractivity (Wildman–Crippen MR) is 131 cm³/mol. The van der Waals surface area contributed by atoms with E-state index in [1.54, 1.807) is 0 Å². The van der Waals surface area contributed by atoms with Crippen LogP contribution in [0.3, 0.4) is 0 Å². The summed E-state index contributed by atoms with van der Waals surface area (Å²) >= 11 is 0. The molecule has 0 amide bonds. The number of hydrogen-bond donors (Lipinski definition) is 1. The Labute approximate surface area is 200 Å². The van der Waals surface area contributed by atoms with Crippen LogP contribution in [0.2, 0.25) is 0 Å². The number of oxazole rings is 1. The fourth-order valence-electron chi connectivity index (χ4n) is 4.71. The fraction of sp³-hybridized carbons (Fsp3) is 0.462. The third-order valence-corrected chi connectivity index (χ3v) is 7.44. The zero-order valence-corrected chi connectivity index (χ0v) is 20.4. The summed E-state index contributed by atoms with van der Waals surface area (Å²) in [6.45, 7) is 12.3. The molecule has 34 heavy (non-hydrogen) atoms. The van der Waals surface area contributed by atoms with Crippen molar-refractivity contribution in [3.63, 3.8) is 0 Å². The molecule has 8 heteroatoms. The molecular weight excluding hydrogens is 429 g/mol. The van der Waals surface area contributed by atoms with Gasteiger partial charge in [-0.1, -0.05) is 12.1 Å². The second kappa shape index (κ2) is 8.21. The Kier molecular flexibility index (Phi) is 5.57. The average molecular weight is 459 g/mol. The van der Waals surface area contributed by atoms with Gasteiger partial charge in [-0.2, -0.15) is 5.26 Å². The van der Waals surface area contributed by atoms with Gasteiger partial charge in [-0.25, -0.2) is 4.98 Å². The van der Waals surface area contributed by atoms with Crippen LogP contribution in [0.5, 0.6) is 0 Å². The minimum Gasteiger partial charge on any atom is -0.435 e. The Morgan fingerprint density at radius 2 is 1.94 bits per heavy atom. The van der Waals surface area contributed by atoms with E-state index in [0.717, 1.165) is 35.1 Å². The molecule has 2 fully saturated rings. The van der Waals surface area contributed by atoms with Crippen LogP contribution in [-0.2, 0) is 15.9 Å². The summed E-state index contributed by atoms with van der Waals surface area (Å²) in [4.78, 5) is 6.95. The van der Waals surface area contributed by atoms with Crippen molar-refractivity contribution in [2.45, 2.75) is 64.9 Å². The molecule has 2 aliphatic heterocycles. The first-order valence-corrected chi connectivity index (χ1v) is 11.8. The van der Waals surface area contributed by atoms with Crippen molar-refractivity contribution >= 4 is 23.7 Å². The lowest BCUT2D eigenvalue weighted by Crippen LogP contribution is -2.41. The van der Waals surface area contributed by atoms with Crippen molar-refractivity contribution in [1.82, 2.24) is 9.88 Å². The average Bonchev–Trinajstić information content (AvgIpc) is 3.43. The monoisotopic (exact) mass is 459 g/mol. The zero-order chi connectivity index (χ0) is 24.3.